The molecule has 21 heavy (non-hydrogen) atoms. The van der Waals surface area contributed by atoms with Crippen LogP contribution in [0.5, 0.6) is 0 Å². The molecule has 0 spiro atoms. The molecule has 1 aromatic rings. The fourth-order valence-corrected chi connectivity index (χ4v) is 1.99. The third kappa shape index (κ3) is 7.87. The SMILES string of the molecule is CCNC(=NCC(OC)c1cccc(Cl)c1)NC(C)C.I. The number of guanidine groups is 1. The molecule has 6 heteroatoms. The molecular weight excluding hydrogens is 401 g/mol. The molecular formula is C15H25ClIN3O. The number of nitrogens with zero attached hydrogens (tertiary/aromatic N) is 1. The molecule has 0 saturated heterocycles. The van der Waals surface area contributed by atoms with Crippen LogP contribution in [0.2, 0.25) is 5.02 Å². The fourth-order valence-electron chi connectivity index (χ4n) is 1.79. The summed E-state index contributed by atoms with van der Waals surface area (Å²) in [4.78, 5) is 4.56. The maximum atomic E-state index is 6.01. The summed E-state index contributed by atoms with van der Waals surface area (Å²) in [6, 6.07) is 8.02. The summed E-state index contributed by atoms with van der Waals surface area (Å²) in [5.41, 5.74) is 1.03. The van der Waals surface area contributed by atoms with E-state index in [4.69, 9.17) is 16.3 Å². The van der Waals surface area contributed by atoms with E-state index in [2.05, 4.69) is 29.5 Å². The molecule has 2 N–H and O–H groups in total. The predicted molar refractivity (Wildman–Crippen MR) is 101 cm³/mol. The zero-order chi connectivity index (χ0) is 15.0. The highest BCUT2D eigenvalue weighted by atomic mass is 127. The molecule has 1 aromatic carbocycles. The van der Waals surface area contributed by atoms with Crippen molar-refractivity contribution >= 4 is 41.5 Å². The summed E-state index contributed by atoms with van der Waals surface area (Å²) in [7, 11) is 1.68. The second-order valence-corrected chi connectivity index (χ2v) is 5.23. The van der Waals surface area contributed by atoms with Crippen molar-refractivity contribution in [2.45, 2.75) is 32.9 Å². The molecule has 1 rings (SSSR count). The molecule has 0 saturated carbocycles. The van der Waals surface area contributed by atoms with Gasteiger partial charge in [-0.2, -0.15) is 0 Å². The van der Waals surface area contributed by atoms with Crippen molar-refractivity contribution in [3.63, 3.8) is 0 Å². The summed E-state index contributed by atoms with van der Waals surface area (Å²) in [6.45, 7) is 7.57. The molecule has 1 atom stereocenters. The predicted octanol–water partition coefficient (Wildman–Crippen LogP) is 3.61. The quantitative estimate of drug-likeness (QED) is 0.416. The maximum Gasteiger partial charge on any atom is 0.191 e. The zero-order valence-corrected chi connectivity index (χ0v) is 16.1. The summed E-state index contributed by atoms with van der Waals surface area (Å²) < 4.78 is 5.50. The Bertz CT molecular complexity index is 441. The van der Waals surface area contributed by atoms with Crippen LogP contribution in [-0.2, 0) is 4.74 Å². The van der Waals surface area contributed by atoms with Gasteiger partial charge >= 0.3 is 0 Å². The molecule has 0 amide bonds. The van der Waals surface area contributed by atoms with E-state index in [0.29, 0.717) is 17.6 Å². The molecule has 0 fully saturated rings. The third-order valence-corrected chi connectivity index (χ3v) is 2.92. The Morgan fingerprint density at radius 2 is 2.10 bits per heavy atom. The normalized spacial score (nSPS) is 12.8. The smallest absolute Gasteiger partial charge is 0.191 e. The van der Waals surface area contributed by atoms with Gasteiger partial charge in [-0.25, -0.2) is 0 Å². The van der Waals surface area contributed by atoms with Crippen LogP contribution in [0.25, 0.3) is 0 Å². The molecule has 0 aliphatic heterocycles. The van der Waals surface area contributed by atoms with E-state index in [1.165, 1.54) is 0 Å². The van der Waals surface area contributed by atoms with Crippen LogP contribution in [0.3, 0.4) is 0 Å². The van der Waals surface area contributed by atoms with Gasteiger partial charge in [-0.05, 0) is 38.5 Å². The number of hydrogen-bond acceptors (Lipinski definition) is 2. The lowest BCUT2D eigenvalue weighted by molar-refractivity contribution is 0.111. The highest BCUT2D eigenvalue weighted by Crippen LogP contribution is 2.20. The topological polar surface area (TPSA) is 45.7 Å². The Morgan fingerprint density at radius 3 is 2.62 bits per heavy atom. The second-order valence-electron chi connectivity index (χ2n) is 4.80. The van der Waals surface area contributed by atoms with Gasteiger partial charge in [0.25, 0.3) is 0 Å². The van der Waals surface area contributed by atoms with Crippen molar-refractivity contribution in [1.82, 2.24) is 10.6 Å². The fraction of sp³-hybridized carbons (Fsp3) is 0.533. The van der Waals surface area contributed by atoms with Gasteiger partial charge in [0.1, 0.15) is 6.10 Å². The largest absolute Gasteiger partial charge is 0.375 e. The summed E-state index contributed by atoms with van der Waals surface area (Å²) in [5, 5.41) is 7.20. The van der Waals surface area contributed by atoms with Crippen LogP contribution < -0.4 is 10.6 Å². The Morgan fingerprint density at radius 1 is 1.38 bits per heavy atom. The first kappa shape index (κ1) is 20.5. The monoisotopic (exact) mass is 425 g/mol. The molecule has 0 bridgehead atoms. The van der Waals surface area contributed by atoms with Gasteiger partial charge in [0, 0.05) is 24.7 Å². The van der Waals surface area contributed by atoms with E-state index in [1.807, 2.05) is 31.2 Å². The highest BCUT2D eigenvalue weighted by Gasteiger charge is 2.11. The van der Waals surface area contributed by atoms with Crippen LogP contribution in [0.15, 0.2) is 29.3 Å². The average Bonchev–Trinajstić information content (AvgIpc) is 2.39. The third-order valence-electron chi connectivity index (χ3n) is 2.69. The van der Waals surface area contributed by atoms with Crippen molar-refractivity contribution < 1.29 is 4.74 Å². The van der Waals surface area contributed by atoms with Gasteiger partial charge in [0.2, 0.25) is 0 Å². The number of hydrogen-bond donors (Lipinski definition) is 2. The van der Waals surface area contributed by atoms with E-state index < -0.39 is 0 Å². The van der Waals surface area contributed by atoms with Crippen molar-refractivity contribution in [2.75, 3.05) is 20.2 Å². The number of benzene rings is 1. The van der Waals surface area contributed by atoms with E-state index in [1.54, 1.807) is 7.11 Å². The van der Waals surface area contributed by atoms with Crippen LogP contribution >= 0.6 is 35.6 Å². The van der Waals surface area contributed by atoms with Gasteiger partial charge in [0.15, 0.2) is 5.96 Å². The first-order valence-electron chi connectivity index (χ1n) is 6.90. The number of nitrogens with one attached hydrogen (secondary N) is 2. The Labute approximate surface area is 149 Å². The lowest BCUT2D eigenvalue weighted by Crippen LogP contribution is -2.41. The number of rotatable bonds is 6. The Balaban J connectivity index is 0.00000400. The van der Waals surface area contributed by atoms with Crippen molar-refractivity contribution in [3.05, 3.63) is 34.9 Å². The van der Waals surface area contributed by atoms with Gasteiger partial charge in [0.05, 0.1) is 6.54 Å². The summed E-state index contributed by atoms with van der Waals surface area (Å²) in [5.74, 6) is 0.798. The second kappa shape index (κ2) is 11.1. The minimum absolute atomic E-state index is 0. The first-order chi connectivity index (χ1) is 9.56. The molecule has 4 nitrogen and oxygen atoms in total. The molecule has 1 unspecified atom stereocenters. The van der Waals surface area contributed by atoms with E-state index in [9.17, 15) is 0 Å². The van der Waals surface area contributed by atoms with E-state index >= 15 is 0 Å². The zero-order valence-electron chi connectivity index (χ0n) is 13.0. The molecule has 0 aliphatic rings. The number of halogens is 2. The van der Waals surface area contributed by atoms with Gasteiger partial charge in [-0.1, -0.05) is 23.7 Å². The van der Waals surface area contributed by atoms with Crippen molar-refractivity contribution in [3.8, 4) is 0 Å². The van der Waals surface area contributed by atoms with E-state index in [0.717, 1.165) is 18.1 Å². The minimum Gasteiger partial charge on any atom is -0.375 e. The van der Waals surface area contributed by atoms with Gasteiger partial charge in [-0.3, -0.25) is 4.99 Å². The van der Waals surface area contributed by atoms with Crippen molar-refractivity contribution in [2.24, 2.45) is 4.99 Å². The first-order valence-corrected chi connectivity index (χ1v) is 7.27. The number of methoxy groups -OCH3 is 1. The van der Waals surface area contributed by atoms with Gasteiger partial charge in [-0.15, -0.1) is 24.0 Å². The highest BCUT2D eigenvalue weighted by molar-refractivity contribution is 14.0. The molecule has 0 radical (unpaired) electrons. The van der Waals surface area contributed by atoms with E-state index in [-0.39, 0.29) is 30.1 Å². The van der Waals surface area contributed by atoms with Crippen molar-refractivity contribution in [1.29, 1.82) is 0 Å². The number of ether oxygens (including phenoxy) is 1. The van der Waals surface area contributed by atoms with Gasteiger partial charge < -0.3 is 15.4 Å². The lowest BCUT2D eigenvalue weighted by Gasteiger charge is -2.17. The maximum absolute atomic E-state index is 6.01. The van der Waals surface area contributed by atoms with Crippen LogP contribution in [0, 0.1) is 0 Å². The van der Waals surface area contributed by atoms with Crippen LogP contribution in [-0.4, -0.2) is 32.2 Å². The standard InChI is InChI=1S/C15H24ClN3O.HI/c1-5-17-15(19-11(2)3)18-10-14(20-4)12-7-6-8-13(16)9-12;/h6-9,11,14H,5,10H2,1-4H3,(H2,17,18,19);1H. The van der Waals surface area contributed by atoms with Crippen LogP contribution in [0.4, 0.5) is 0 Å². The number of aliphatic imine (C=N–C) groups is 1. The average molecular weight is 426 g/mol. The summed E-state index contributed by atoms with van der Waals surface area (Å²) >= 11 is 6.01. The lowest BCUT2D eigenvalue weighted by atomic mass is 10.1. The molecule has 0 heterocycles. The molecule has 0 aliphatic carbocycles. The van der Waals surface area contributed by atoms with Crippen LogP contribution in [0.1, 0.15) is 32.4 Å². The Hall–Kier alpha value is -0.530. The summed E-state index contributed by atoms with van der Waals surface area (Å²) in [6.07, 6.45) is -0.101. The Kier molecular flexibility index (Phi) is 10.8. The molecule has 0 aromatic heterocycles. The molecule has 120 valence electrons. The minimum atomic E-state index is -0.101.